The lowest BCUT2D eigenvalue weighted by Crippen LogP contribution is -2.48. The molecule has 2 N–H and O–H groups in total. The Morgan fingerprint density at radius 1 is 1.39 bits per heavy atom. The van der Waals surface area contributed by atoms with Crippen molar-refractivity contribution >= 4 is 17.3 Å². The van der Waals surface area contributed by atoms with Crippen LogP contribution in [0.15, 0.2) is 18.2 Å². The van der Waals surface area contributed by atoms with Crippen LogP contribution in [0.1, 0.15) is 32.1 Å². The van der Waals surface area contributed by atoms with Crippen LogP contribution < -0.4 is 10.5 Å². The first kappa shape index (κ1) is 12.1. The lowest BCUT2D eigenvalue weighted by molar-refractivity contribution is -0.153. The Balaban J connectivity index is 1.68. The zero-order chi connectivity index (χ0) is 12.6. The van der Waals surface area contributed by atoms with E-state index >= 15 is 0 Å². The Morgan fingerprint density at radius 3 is 2.89 bits per heavy atom. The van der Waals surface area contributed by atoms with Crippen LogP contribution >= 0.6 is 11.6 Å². The van der Waals surface area contributed by atoms with Gasteiger partial charge >= 0.3 is 0 Å². The van der Waals surface area contributed by atoms with Crippen molar-refractivity contribution in [3.63, 3.8) is 0 Å². The van der Waals surface area contributed by atoms with Gasteiger partial charge in [-0.2, -0.15) is 0 Å². The van der Waals surface area contributed by atoms with Crippen LogP contribution in [-0.2, 0) is 4.74 Å². The van der Waals surface area contributed by atoms with Crippen molar-refractivity contribution in [2.45, 2.75) is 43.8 Å². The highest BCUT2D eigenvalue weighted by Crippen LogP contribution is 2.43. The van der Waals surface area contributed by atoms with Gasteiger partial charge in [0.05, 0.1) is 17.9 Å². The molecule has 0 radical (unpaired) electrons. The first-order valence-electron chi connectivity index (χ1n) is 6.53. The number of benzene rings is 1. The predicted octanol–water partition coefficient (Wildman–Crippen LogP) is 3.40. The summed E-state index contributed by atoms with van der Waals surface area (Å²) in [7, 11) is 0. The number of rotatable bonds is 2. The topological polar surface area (TPSA) is 44.5 Å². The second-order valence-corrected chi connectivity index (χ2v) is 5.74. The van der Waals surface area contributed by atoms with Crippen molar-refractivity contribution in [1.29, 1.82) is 0 Å². The minimum atomic E-state index is 0.101. The molecule has 98 valence electrons. The molecule has 18 heavy (non-hydrogen) atoms. The highest BCUT2D eigenvalue weighted by molar-refractivity contribution is 6.30. The van der Waals surface area contributed by atoms with Crippen LogP contribution in [0.5, 0.6) is 5.75 Å². The average Bonchev–Trinajstić information content (AvgIpc) is 2.31. The van der Waals surface area contributed by atoms with Crippen molar-refractivity contribution in [2.24, 2.45) is 0 Å². The smallest absolute Gasteiger partial charge is 0.142 e. The number of hydrogen-bond acceptors (Lipinski definition) is 3. The van der Waals surface area contributed by atoms with Gasteiger partial charge in [-0.15, -0.1) is 0 Å². The van der Waals surface area contributed by atoms with E-state index in [0.717, 1.165) is 25.2 Å². The lowest BCUT2D eigenvalue weighted by Gasteiger charge is -2.46. The molecule has 1 aromatic carbocycles. The summed E-state index contributed by atoms with van der Waals surface area (Å²) in [4.78, 5) is 0. The first-order valence-corrected chi connectivity index (χ1v) is 6.90. The molecule has 1 saturated heterocycles. The molecule has 2 aliphatic rings. The average molecular weight is 268 g/mol. The van der Waals surface area contributed by atoms with Crippen LogP contribution in [-0.4, -0.2) is 18.3 Å². The number of nitrogen functional groups attached to an aromatic ring is 1. The maximum absolute atomic E-state index is 6.01. The van der Waals surface area contributed by atoms with E-state index in [1.807, 2.05) is 12.1 Å². The first-order chi connectivity index (χ1) is 8.67. The quantitative estimate of drug-likeness (QED) is 0.836. The van der Waals surface area contributed by atoms with Gasteiger partial charge in [-0.3, -0.25) is 0 Å². The summed E-state index contributed by atoms with van der Waals surface area (Å²) in [6, 6.07) is 5.39. The molecule has 4 heteroatoms. The molecule has 1 aliphatic heterocycles. The summed E-state index contributed by atoms with van der Waals surface area (Å²) < 4.78 is 11.9. The van der Waals surface area contributed by atoms with Crippen molar-refractivity contribution in [3.05, 3.63) is 23.2 Å². The van der Waals surface area contributed by atoms with Crippen LogP contribution in [0, 0.1) is 0 Å². The Kier molecular flexibility index (Phi) is 3.12. The summed E-state index contributed by atoms with van der Waals surface area (Å²) >= 11 is 5.88. The molecular formula is C14H18ClNO2. The molecule has 2 fully saturated rings. The Morgan fingerprint density at radius 2 is 2.22 bits per heavy atom. The number of halogens is 1. The molecule has 1 spiro atoms. The molecule has 3 rings (SSSR count). The summed E-state index contributed by atoms with van der Waals surface area (Å²) in [6.45, 7) is 0.790. The normalized spacial score (nSPS) is 25.7. The van der Waals surface area contributed by atoms with Gasteiger partial charge in [0.15, 0.2) is 0 Å². The molecule has 0 bridgehead atoms. The Hall–Kier alpha value is -0.930. The van der Waals surface area contributed by atoms with Gasteiger partial charge in [-0.05, 0) is 37.5 Å². The number of hydrogen-bond donors (Lipinski definition) is 1. The van der Waals surface area contributed by atoms with Crippen molar-refractivity contribution in [3.8, 4) is 5.75 Å². The van der Waals surface area contributed by atoms with E-state index in [1.54, 1.807) is 6.07 Å². The highest BCUT2D eigenvalue weighted by Gasteiger charge is 2.43. The molecule has 3 nitrogen and oxygen atoms in total. The van der Waals surface area contributed by atoms with Gasteiger partial charge in [0.2, 0.25) is 0 Å². The number of anilines is 1. The zero-order valence-electron chi connectivity index (χ0n) is 10.3. The van der Waals surface area contributed by atoms with Crippen LogP contribution in [0.25, 0.3) is 0 Å². The maximum atomic E-state index is 6.01. The number of nitrogens with two attached hydrogens (primary N) is 1. The van der Waals surface area contributed by atoms with E-state index in [2.05, 4.69) is 0 Å². The van der Waals surface area contributed by atoms with Gasteiger partial charge in [0.25, 0.3) is 0 Å². The third kappa shape index (κ3) is 2.29. The van der Waals surface area contributed by atoms with E-state index in [-0.39, 0.29) is 11.7 Å². The zero-order valence-corrected chi connectivity index (χ0v) is 11.1. The fourth-order valence-corrected chi connectivity index (χ4v) is 2.99. The molecule has 1 aromatic rings. The van der Waals surface area contributed by atoms with Gasteiger partial charge in [0, 0.05) is 17.9 Å². The third-order valence-corrected chi connectivity index (χ3v) is 4.21. The largest absolute Gasteiger partial charge is 0.488 e. The van der Waals surface area contributed by atoms with E-state index in [9.17, 15) is 0 Å². The fraction of sp³-hybridized carbons (Fsp3) is 0.571. The van der Waals surface area contributed by atoms with Crippen LogP contribution in [0.3, 0.4) is 0 Å². The van der Waals surface area contributed by atoms with E-state index < -0.39 is 0 Å². The van der Waals surface area contributed by atoms with E-state index in [0.29, 0.717) is 10.7 Å². The van der Waals surface area contributed by atoms with Crippen LogP contribution in [0.2, 0.25) is 5.02 Å². The molecule has 1 unspecified atom stereocenters. The summed E-state index contributed by atoms with van der Waals surface area (Å²) in [5.74, 6) is 0.737. The standard InChI is InChI=1S/C14H18ClNO2/c15-10-2-3-13(12(16)8-10)18-11-4-7-17-14(9-11)5-1-6-14/h2-3,8,11H,1,4-7,9,16H2. The second-order valence-electron chi connectivity index (χ2n) is 5.30. The molecule has 1 atom stereocenters. The minimum absolute atomic E-state index is 0.101. The molecule has 1 aliphatic carbocycles. The molecule has 1 heterocycles. The fourth-order valence-electron chi connectivity index (χ4n) is 2.81. The number of ether oxygens (including phenoxy) is 2. The molecular weight excluding hydrogens is 250 g/mol. The second kappa shape index (κ2) is 4.63. The van der Waals surface area contributed by atoms with Gasteiger partial charge < -0.3 is 15.2 Å². The minimum Gasteiger partial charge on any atom is -0.488 e. The molecule has 0 aromatic heterocycles. The van der Waals surface area contributed by atoms with Crippen molar-refractivity contribution < 1.29 is 9.47 Å². The van der Waals surface area contributed by atoms with Crippen molar-refractivity contribution in [2.75, 3.05) is 12.3 Å². The van der Waals surface area contributed by atoms with Crippen molar-refractivity contribution in [1.82, 2.24) is 0 Å². The predicted molar refractivity (Wildman–Crippen MR) is 72.0 cm³/mol. The van der Waals surface area contributed by atoms with Gasteiger partial charge in [0.1, 0.15) is 11.9 Å². The SMILES string of the molecule is Nc1cc(Cl)ccc1OC1CCOC2(CCC2)C1. The highest BCUT2D eigenvalue weighted by atomic mass is 35.5. The van der Waals surface area contributed by atoms with E-state index in [1.165, 1.54) is 19.3 Å². The molecule has 1 saturated carbocycles. The third-order valence-electron chi connectivity index (χ3n) is 3.98. The lowest BCUT2D eigenvalue weighted by atomic mass is 9.74. The summed E-state index contributed by atoms with van der Waals surface area (Å²) in [5.41, 5.74) is 6.62. The summed E-state index contributed by atoms with van der Waals surface area (Å²) in [6.07, 6.45) is 5.74. The van der Waals surface area contributed by atoms with Crippen LogP contribution in [0.4, 0.5) is 5.69 Å². The summed E-state index contributed by atoms with van der Waals surface area (Å²) in [5, 5.41) is 0.641. The van der Waals surface area contributed by atoms with E-state index in [4.69, 9.17) is 26.8 Å². The van der Waals surface area contributed by atoms with Gasteiger partial charge in [-0.25, -0.2) is 0 Å². The Bertz CT molecular complexity index is 445. The molecule has 0 amide bonds. The monoisotopic (exact) mass is 267 g/mol. The van der Waals surface area contributed by atoms with Gasteiger partial charge in [-0.1, -0.05) is 11.6 Å². The maximum Gasteiger partial charge on any atom is 0.142 e. The Labute approximate surface area is 112 Å².